The Hall–Kier alpha value is -1.13. The number of carbonyl (C=O) groups excluding carboxylic acids is 1. The lowest BCUT2D eigenvalue weighted by atomic mass is 9.84. The van der Waals surface area contributed by atoms with Crippen molar-refractivity contribution in [2.24, 2.45) is 11.1 Å². The summed E-state index contributed by atoms with van der Waals surface area (Å²) in [5.74, 6) is 0.403. The van der Waals surface area contributed by atoms with Crippen molar-refractivity contribution in [1.82, 2.24) is 4.98 Å². The number of hydrogen-bond donors (Lipinski definition) is 2. The maximum atomic E-state index is 12.2. The highest BCUT2D eigenvalue weighted by Crippen LogP contribution is 2.37. The molecule has 17 heavy (non-hydrogen) atoms. The van der Waals surface area contributed by atoms with Crippen molar-refractivity contribution in [2.45, 2.75) is 32.2 Å². The Morgan fingerprint density at radius 1 is 1.65 bits per heavy atom. The van der Waals surface area contributed by atoms with E-state index in [4.69, 9.17) is 17.3 Å². The number of aromatic nitrogens is 1. The number of amides is 1. The number of nitrogens with two attached hydrogens (primary N) is 1. The monoisotopic (exact) mass is 253 g/mol. The molecule has 1 saturated carbocycles. The Bertz CT molecular complexity index is 438. The van der Waals surface area contributed by atoms with Gasteiger partial charge in [-0.1, -0.05) is 24.1 Å². The van der Waals surface area contributed by atoms with Gasteiger partial charge < -0.3 is 11.1 Å². The quantitative estimate of drug-likeness (QED) is 0.794. The molecule has 2 atom stereocenters. The molecule has 4 nitrogen and oxygen atoms in total. The van der Waals surface area contributed by atoms with E-state index in [9.17, 15) is 4.79 Å². The van der Waals surface area contributed by atoms with Gasteiger partial charge in [-0.15, -0.1) is 0 Å². The molecule has 0 aromatic carbocycles. The van der Waals surface area contributed by atoms with Gasteiger partial charge in [0.1, 0.15) is 11.0 Å². The van der Waals surface area contributed by atoms with Gasteiger partial charge in [0, 0.05) is 6.04 Å². The summed E-state index contributed by atoms with van der Waals surface area (Å²) in [6.07, 6.45) is 2.71. The van der Waals surface area contributed by atoms with E-state index in [-0.39, 0.29) is 11.9 Å². The number of carbonyl (C=O) groups is 1. The lowest BCUT2D eigenvalue weighted by molar-refractivity contribution is -0.125. The summed E-state index contributed by atoms with van der Waals surface area (Å²) in [6.45, 7) is 1.91. The molecular weight excluding hydrogens is 238 g/mol. The largest absolute Gasteiger partial charge is 0.327 e. The number of hydrogen-bond acceptors (Lipinski definition) is 3. The Morgan fingerprint density at radius 2 is 2.41 bits per heavy atom. The fourth-order valence-electron chi connectivity index (χ4n) is 2.21. The molecule has 2 unspecified atom stereocenters. The molecule has 1 aromatic rings. The molecule has 1 aromatic heterocycles. The number of rotatable bonds is 2. The van der Waals surface area contributed by atoms with Crippen molar-refractivity contribution >= 4 is 23.3 Å². The summed E-state index contributed by atoms with van der Waals surface area (Å²) in [7, 11) is 0. The fourth-order valence-corrected chi connectivity index (χ4v) is 2.38. The van der Waals surface area contributed by atoms with Gasteiger partial charge in [0.25, 0.3) is 0 Å². The second-order valence-electron chi connectivity index (χ2n) is 4.72. The molecule has 1 aliphatic carbocycles. The maximum absolute atomic E-state index is 12.2. The first-order valence-electron chi connectivity index (χ1n) is 5.72. The highest BCUT2D eigenvalue weighted by atomic mass is 35.5. The number of nitrogens with one attached hydrogen (secondary N) is 1. The van der Waals surface area contributed by atoms with Gasteiger partial charge in [-0.2, -0.15) is 0 Å². The van der Waals surface area contributed by atoms with Gasteiger partial charge in [-0.05, 0) is 31.9 Å². The number of pyridine rings is 1. The number of halogens is 1. The highest BCUT2D eigenvalue weighted by molar-refractivity contribution is 6.29. The van der Waals surface area contributed by atoms with Crippen LogP contribution in [0.5, 0.6) is 0 Å². The standard InChI is InChI=1S/C12H16ClN3O/c1-12(7-3-4-8(12)14)11(17)16-10-6-2-5-9(13)15-10/h2,5-6,8H,3-4,7,14H2,1H3,(H,15,16,17). The van der Waals surface area contributed by atoms with Crippen LogP contribution in [0.2, 0.25) is 5.15 Å². The molecule has 0 aliphatic heterocycles. The first-order valence-corrected chi connectivity index (χ1v) is 6.10. The van der Waals surface area contributed by atoms with Crippen LogP contribution in [0, 0.1) is 5.41 Å². The Labute approximate surface area is 106 Å². The molecule has 0 spiro atoms. The molecule has 1 fully saturated rings. The van der Waals surface area contributed by atoms with Crippen LogP contribution in [0.15, 0.2) is 18.2 Å². The summed E-state index contributed by atoms with van der Waals surface area (Å²) < 4.78 is 0. The SMILES string of the molecule is CC1(C(=O)Nc2cccc(Cl)n2)CCCC1N. The summed E-state index contributed by atoms with van der Waals surface area (Å²) in [5.41, 5.74) is 5.49. The number of nitrogens with zero attached hydrogens (tertiary/aromatic N) is 1. The van der Waals surface area contributed by atoms with Crippen LogP contribution in [-0.2, 0) is 4.79 Å². The minimum atomic E-state index is -0.496. The molecular formula is C12H16ClN3O. The second-order valence-corrected chi connectivity index (χ2v) is 5.10. The zero-order valence-electron chi connectivity index (χ0n) is 9.74. The minimum Gasteiger partial charge on any atom is -0.327 e. The first-order chi connectivity index (χ1) is 8.02. The lowest BCUT2D eigenvalue weighted by Crippen LogP contribution is -2.44. The van der Waals surface area contributed by atoms with Crippen molar-refractivity contribution in [2.75, 3.05) is 5.32 Å². The van der Waals surface area contributed by atoms with Crippen LogP contribution in [-0.4, -0.2) is 16.9 Å². The zero-order valence-corrected chi connectivity index (χ0v) is 10.5. The Kier molecular flexibility index (Phi) is 3.35. The third-order valence-electron chi connectivity index (χ3n) is 3.51. The van der Waals surface area contributed by atoms with Crippen molar-refractivity contribution < 1.29 is 4.79 Å². The van der Waals surface area contributed by atoms with E-state index in [1.807, 2.05) is 6.92 Å². The van der Waals surface area contributed by atoms with Crippen LogP contribution in [0.25, 0.3) is 0 Å². The van der Waals surface area contributed by atoms with E-state index in [2.05, 4.69) is 10.3 Å². The molecule has 1 aliphatic rings. The van der Waals surface area contributed by atoms with Crippen molar-refractivity contribution in [3.8, 4) is 0 Å². The number of anilines is 1. The van der Waals surface area contributed by atoms with Crippen LogP contribution < -0.4 is 11.1 Å². The zero-order chi connectivity index (χ0) is 12.5. The van der Waals surface area contributed by atoms with E-state index < -0.39 is 5.41 Å². The normalized spacial score (nSPS) is 28.1. The summed E-state index contributed by atoms with van der Waals surface area (Å²) in [6, 6.07) is 5.05. The predicted molar refractivity (Wildman–Crippen MR) is 67.8 cm³/mol. The van der Waals surface area contributed by atoms with Gasteiger partial charge >= 0.3 is 0 Å². The smallest absolute Gasteiger partial charge is 0.233 e. The van der Waals surface area contributed by atoms with Gasteiger partial charge in [0.05, 0.1) is 5.41 Å². The molecule has 0 saturated heterocycles. The summed E-state index contributed by atoms with van der Waals surface area (Å²) >= 11 is 5.76. The second kappa shape index (κ2) is 4.63. The molecule has 2 rings (SSSR count). The highest BCUT2D eigenvalue weighted by Gasteiger charge is 2.43. The lowest BCUT2D eigenvalue weighted by Gasteiger charge is -2.27. The topological polar surface area (TPSA) is 68.0 Å². The van der Waals surface area contributed by atoms with Gasteiger partial charge in [-0.3, -0.25) is 4.79 Å². The van der Waals surface area contributed by atoms with E-state index in [1.165, 1.54) is 0 Å². The average Bonchev–Trinajstić information content (AvgIpc) is 2.60. The predicted octanol–water partition coefficient (Wildman–Crippen LogP) is 2.19. The maximum Gasteiger partial charge on any atom is 0.233 e. The van der Waals surface area contributed by atoms with E-state index in [0.29, 0.717) is 11.0 Å². The Morgan fingerprint density at radius 3 is 3.00 bits per heavy atom. The van der Waals surface area contributed by atoms with Crippen molar-refractivity contribution in [3.63, 3.8) is 0 Å². The molecule has 3 N–H and O–H groups in total. The molecule has 0 bridgehead atoms. The van der Waals surface area contributed by atoms with Crippen LogP contribution in [0.3, 0.4) is 0 Å². The van der Waals surface area contributed by atoms with Crippen LogP contribution >= 0.6 is 11.6 Å². The van der Waals surface area contributed by atoms with Crippen molar-refractivity contribution in [3.05, 3.63) is 23.4 Å². The third-order valence-corrected chi connectivity index (χ3v) is 3.72. The fraction of sp³-hybridized carbons (Fsp3) is 0.500. The molecule has 5 heteroatoms. The Balaban J connectivity index is 2.12. The average molecular weight is 254 g/mol. The van der Waals surface area contributed by atoms with Gasteiger partial charge in [-0.25, -0.2) is 4.98 Å². The molecule has 92 valence electrons. The minimum absolute atomic E-state index is 0.0720. The van der Waals surface area contributed by atoms with Crippen LogP contribution in [0.4, 0.5) is 5.82 Å². The van der Waals surface area contributed by atoms with Crippen molar-refractivity contribution in [1.29, 1.82) is 0 Å². The molecule has 0 radical (unpaired) electrons. The van der Waals surface area contributed by atoms with E-state index >= 15 is 0 Å². The third kappa shape index (κ3) is 2.42. The summed E-state index contributed by atoms with van der Waals surface area (Å²) in [5, 5.41) is 3.15. The molecule has 1 heterocycles. The van der Waals surface area contributed by atoms with E-state index in [0.717, 1.165) is 19.3 Å². The molecule has 1 amide bonds. The summed E-state index contributed by atoms with van der Waals surface area (Å²) in [4.78, 5) is 16.2. The van der Waals surface area contributed by atoms with E-state index in [1.54, 1.807) is 18.2 Å². The van der Waals surface area contributed by atoms with Gasteiger partial charge in [0.2, 0.25) is 5.91 Å². The van der Waals surface area contributed by atoms with Crippen LogP contribution in [0.1, 0.15) is 26.2 Å². The first kappa shape index (κ1) is 12.3. The van der Waals surface area contributed by atoms with Gasteiger partial charge in [0.15, 0.2) is 0 Å².